The molecule has 1 aliphatic rings. The number of thiophene rings is 1. The lowest BCUT2D eigenvalue weighted by Gasteiger charge is -2.04. The average molecular weight is 166 g/mol. The Morgan fingerprint density at radius 2 is 2.09 bits per heavy atom. The van der Waals surface area contributed by atoms with Gasteiger partial charge >= 0.3 is 0 Å². The van der Waals surface area contributed by atoms with E-state index < -0.39 is 0 Å². The minimum Gasteiger partial charge on any atom is -0.345 e. The van der Waals surface area contributed by atoms with Crippen LogP contribution in [0.25, 0.3) is 0 Å². The normalized spacial score (nSPS) is 19.3. The molecule has 0 aliphatic carbocycles. The Morgan fingerprint density at radius 1 is 1.36 bits per heavy atom. The lowest BCUT2D eigenvalue weighted by molar-refractivity contribution is -0.0413. The molecule has 1 saturated heterocycles. The molecule has 2 heterocycles. The second kappa shape index (κ2) is 2.97. The third-order valence-corrected chi connectivity index (χ3v) is 2.44. The molecule has 2 radical (unpaired) electrons. The van der Waals surface area contributed by atoms with Crippen LogP contribution in [0.5, 0.6) is 0 Å². The van der Waals surface area contributed by atoms with Gasteiger partial charge in [0, 0.05) is 0 Å². The lowest BCUT2D eigenvalue weighted by atomic mass is 10.1. The van der Waals surface area contributed by atoms with Gasteiger partial charge in [-0.25, -0.2) is 0 Å². The van der Waals surface area contributed by atoms with Gasteiger partial charge < -0.3 is 9.47 Å². The third-order valence-electron chi connectivity index (χ3n) is 1.50. The number of hydrogen-bond donors (Lipinski definition) is 0. The second-order valence-corrected chi connectivity index (χ2v) is 3.46. The first-order valence-corrected chi connectivity index (χ1v) is 4.26. The molecule has 56 valence electrons. The Kier molecular flexibility index (Phi) is 1.98. The minimum absolute atomic E-state index is 0.169. The fraction of sp³-hybridized carbons (Fsp3) is 0.429. The van der Waals surface area contributed by atoms with Crippen LogP contribution in [0.1, 0.15) is 11.2 Å². The second-order valence-electron chi connectivity index (χ2n) is 2.31. The highest BCUT2D eigenvalue weighted by molar-refractivity contribution is 7.20. The van der Waals surface area contributed by atoms with Crippen molar-refractivity contribution < 1.29 is 9.47 Å². The number of hydrogen-bond acceptors (Lipinski definition) is 3. The SMILES string of the molecule is [B]c1ccc(C2OCCO2)s1. The first kappa shape index (κ1) is 7.34. The molecule has 1 aromatic heterocycles. The molecule has 2 rings (SSSR count). The van der Waals surface area contributed by atoms with E-state index in [9.17, 15) is 0 Å². The first-order valence-electron chi connectivity index (χ1n) is 3.45. The van der Waals surface area contributed by atoms with Gasteiger partial charge in [0.15, 0.2) is 6.29 Å². The quantitative estimate of drug-likeness (QED) is 0.568. The highest BCUT2D eigenvalue weighted by atomic mass is 32.1. The van der Waals surface area contributed by atoms with Crippen molar-refractivity contribution in [3.05, 3.63) is 17.0 Å². The Balaban J connectivity index is 2.15. The van der Waals surface area contributed by atoms with Gasteiger partial charge in [-0.05, 0) is 10.8 Å². The monoisotopic (exact) mass is 166 g/mol. The summed E-state index contributed by atoms with van der Waals surface area (Å²) in [5, 5.41) is 0. The predicted molar refractivity (Wildman–Crippen MR) is 44.4 cm³/mol. The summed E-state index contributed by atoms with van der Waals surface area (Å²) in [4.78, 5) is 1.06. The van der Waals surface area contributed by atoms with Crippen LogP contribution in [0.2, 0.25) is 0 Å². The molecule has 11 heavy (non-hydrogen) atoms. The van der Waals surface area contributed by atoms with Crippen LogP contribution >= 0.6 is 11.3 Å². The summed E-state index contributed by atoms with van der Waals surface area (Å²) in [5.74, 6) is 0. The summed E-state index contributed by atoms with van der Waals surface area (Å²) >= 11 is 1.51. The molecule has 0 atom stereocenters. The zero-order chi connectivity index (χ0) is 7.68. The molecular formula is C7H7BO2S. The van der Waals surface area contributed by atoms with Gasteiger partial charge in [-0.3, -0.25) is 0 Å². The van der Waals surface area contributed by atoms with Gasteiger partial charge in [-0.15, -0.1) is 0 Å². The van der Waals surface area contributed by atoms with Gasteiger partial charge in [-0.2, -0.15) is 11.3 Å². The Labute approximate surface area is 70.5 Å². The van der Waals surface area contributed by atoms with Crippen molar-refractivity contribution in [3.8, 4) is 0 Å². The zero-order valence-electron chi connectivity index (χ0n) is 5.95. The van der Waals surface area contributed by atoms with Crippen molar-refractivity contribution in [2.75, 3.05) is 13.2 Å². The van der Waals surface area contributed by atoms with Crippen LogP contribution in [0.15, 0.2) is 12.1 Å². The molecule has 0 spiro atoms. The summed E-state index contributed by atoms with van der Waals surface area (Å²) in [5.41, 5.74) is 0. The summed E-state index contributed by atoms with van der Waals surface area (Å²) in [7, 11) is 5.55. The van der Waals surface area contributed by atoms with Crippen molar-refractivity contribution in [1.82, 2.24) is 0 Å². The van der Waals surface area contributed by atoms with Gasteiger partial charge in [0.25, 0.3) is 0 Å². The van der Waals surface area contributed by atoms with Gasteiger partial charge in [0.05, 0.1) is 18.1 Å². The molecule has 0 aromatic carbocycles. The topological polar surface area (TPSA) is 18.5 Å². The van der Waals surface area contributed by atoms with E-state index in [1.54, 1.807) is 0 Å². The van der Waals surface area contributed by atoms with Crippen LogP contribution in [0.3, 0.4) is 0 Å². The Hall–Kier alpha value is -0.315. The summed E-state index contributed by atoms with van der Waals surface area (Å²) in [6.07, 6.45) is -0.169. The standard InChI is InChI=1S/C7H7BO2S/c8-6-2-1-5(11-6)7-9-3-4-10-7/h1-2,7H,3-4H2. The fourth-order valence-corrected chi connectivity index (χ4v) is 1.79. The minimum atomic E-state index is -0.169. The van der Waals surface area contributed by atoms with Crippen molar-refractivity contribution in [3.63, 3.8) is 0 Å². The van der Waals surface area contributed by atoms with Crippen molar-refractivity contribution >= 4 is 24.0 Å². The smallest absolute Gasteiger partial charge is 0.193 e. The summed E-state index contributed by atoms with van der Waals surface area (Å²) in [6.45, 7) is 1.37. The van der Waals surface area contributed by atoms with Crippen LogP contribution in [0.4, 0.5) is 0 Å². The average Bonchev–Trinajstić information content (AvgIpc) is 2.55. The predicted octanol–water partition coefficient (Wildman–Crippen LogP) is 0.587. The van der Waals surface area contributed by atoms with E-state index in [-0.39, 0.29) is 6.29 Å². The maximum atomic E-state index is 5.55. The van der Waals surface area contributed by atoms with E-state index in [0.29, 0.717) is 13.2 Å². The molecule has 1 fully saturated rings. The molecular weight excluding hydrogens is 159 g/mol. The number of ether oxygens (including phenoxy) is 2. The van der Waals surface area contributed by atoms with E-state index in [1.165, 1.54) is 11.3 Å². The maximum Gasteiger partial charge on any atom is 0.193 e. The van der Waals surface area contributed by atoms with Crippen molar-refractivity contribution in [1.29, 1.82) is 0 Å². The molecule has 1 aliphatic heterocycles. The van der Waals surface area contributed by atoms with Crippen molar-refractivity contribution in [2.45, 2.75) is 6.29 Å². The van der Waals surface area contributed by atoms with E-state index in [1.807, 2.05) is 12.1 Å². The Bertz CT molecular complexity index is 242. The van der Waals surface area contributed by atoms with E-state index in [2.05, 4.69) is 0 Å². The van der Waals surface area contributed by atoms with Crippen LogP contribution in [-0.2, 0) is 9.47 Å². The van der Waals surface area contributed by atoms with Gasteiger partial charge in [0.1, 0.15) is 7.85 Å². The highest BCUT2D eigenvalue weighted by Gasteiger charge is 2.18. The molecule has 4 heteroatoms. The zero-order valence-corrected chi connectivity index (χ0v) is 6.76. The van der Waals surface area contributed by atoms with Gasteiger partial charge in [-0.1, -0.05) is 6.07 Å². The van der Waals surface area contributed by atoms with Crippen LogP contribution < -0.4 is 4.78 Å². The third kappa shape index (κ3) is 1.48. The van der Waals surface area contributed by atoms with Gasteiger partial charge in [0.2, 0.25) is 0 Å². The van der Waals surface area contributed by atoms with E-state index in [4.69, 9.17) is 17.3 Å². The maximum absolute atomic E-state index is 5.55. The fourth-order valence-electron chi connectivity index (χ4n) is 1.02. The molecule has 1 aromatic rings. The van der Waals surface area contributed by atoms with E-state index >= 15 is 0 Å². The largest absolute Gasteiger partial charge is 0.345 e. The first-order chi connectivity index (χ1) is 5.36. The highest BCUT2D eigenvalue weighted by Crippen LogP contribution is 2.25. The summed E-state index contributed by atoms with van der Waals surface area (Å²) < 4.78 is 11.4. The number of rotatable bonds is 1. The van der Waals surface area contributed by atoms with Crippen LogP contribution in [0, 0.1) is 0 Å². The summed E-state index contributed by atoms with van der Waals surface area (Å²) in [6, 6.07) is 3.81. The van der Waals surface area contributed by atoms with Crippen LogP contribution in [-0.4, -0.2) is 21.1 Å². The van der Waals surface area contributed by atoms with E-state index in [0.717, 1.165) is 9.65 Å². The molecule has 0 amide bonds. The molecule has 0 saturated carbocycles. The Morgan fingerprint density at radius 3 is 2.64 bits per heavy atom. The molecule has 0 unspecified atom stereocenters. The molecule has 2 nitrogen and oxygen atoms in total. The van der Waals surface area contributed by atoms with Crippen molar-refractivity contribution in [2.24, 2.45) is 0 Å². The molecule has 0 bridgehead atoms. The lowest BCUT2D eigenvalue weighted by Crippen LogP contribution is -1.94. The molecule has 0 N–H and O–H groups in total.